The normalized spacial score (nSPS) is 15.0. The molecule has 86 valence electrons. The number of nitriles is 1. The summed E-state index contributed by atoms with van der Waals surface area (Å²) in [5, 5.41) is 8.62. The van der Waals surface area contributed by atoms with Crippen LogP contribution in [0.4, 0.5) is 0 Å². The van der Waals surface area contributed by atoms with Crippen LogP contribution in [-0.2, 0) is 6.54 Å². The summed E-state index contributed by atoms with van der Waals surface area (Å²) in [6.45, 7) is 0.917. The van der Waals surface area contributed by atoms with Crippen molar-refractivity contribution in [3.8, 4) is 6.07 Å². The quantitative estimate of drug-likeness (QED) is 0.750. The fraction of sp³-hybridized carbons (Fsp3) is 0.429. The van der Waals surface area contributed by atoms with Gasteiger partial charge in [-0.25, -0.2) is 4.98 Å². The van der Waals surface area contributed by atoms with E-state index >= 15 is 0 Å². The van der Waals surface area contributed by atoms with Crippen molar-refractivity contribution in [3.63, 3.8) is 0 Å². The molecule has 0 atom stereocenters. The second-order valence-corrected chi connectivity index (χ2v) is 4.65. The lowest BCUT2D eigenvalue weighted by Crippen LogP contribution is -2.02. The first-order valence-electron chi connectivity index (χ1n) is 6.22. The summed E-state index contributed by atoms with van der Waals surface area (Å²) in [6.07, 6.45) is 4.07. The number of para-hydroxylation sites is 2. The number of imidazole rings is 1. The van der Waals surface area contributed by atoms with E-state index in [-0.39, 0.29) is 0 Å². The number of unbranched alkanes of at least 4 members (excludes halogenated alkanes) is 1. The second kappa shape index (κ2) is 4.21. The number of rotatable bonds is 4. The molecule has 1 heterocycles. The van der Waals surface area contributed by atoms with Crippen molar-refractivity contribution >= 4 is 11.0 Å². The highest BCUT2D eigenvalue weighted by molar-refractivity contribution is 5.76. The van der Waals surface area contributed by atoms with Crippen LogP contribution < -0.4 is 0 Å². The molecule has 3 nitrogen and oxygen atoms in total. The predicted molar refractivity (Wildman–Crippen MR) is 66.6 cm³/mol. The minimum Gasteiger partial charge on any atom is -0.328 e. The highest BCUT2D eigenvalue weighted by atomic mass is 15.1. The zero-order chi connectivity index (χ0) is 11.7. The van der Waals surface area contributed by atoms with Gasteiger partial charge in [0.25, 0.3) is 0 Å². The third-order valence-corrected chi connectivity index (χ3v) is 3.30. The summed E-state index contributed by atoms with van der Waals surface area (Å²) in [5.41, 5.74) is 2.30. The van der Waals surface area contributed by atoms with Crippen LogP contribution in [0.1, 0.15) is 37.4 Å². The number of hydrogen-bond donors (Lipinski definition) is 0. The molecule has 17 heavy (non-hydrogen) atoms. The van der Waals surface area contributed by atoms with Crippen LogP contribution >= 0.6 is 0 Å². The lowest BCUT2D eigenvalue weighted by molar-refractivity contribution is 0.635. The molecular formula is C14H15N3. The number of nitrogens with zero attached hydrogens (tertiary/aromatic N) is 3. The zero-order valence-electron chi connectivity index (χ0n) is 9.76. The molecule has 3 heteroatoms. The Bertz CT molecular complexity index is 573. The lowest BCUT2D eigenvalue weighted by Gasteiger charge is -2.06. The Labute approximate surface area is 101 Å². The Morgan fingerprint density at radius 1 is 1.35 bits per heavy atom. The van der Waals surface area contributed by atoms with Gasteiger partial charge < -0.3 is 4.57 Å². The molecule has 0 N–H and O–H groups in total. The molecule has 1 fully saturated rings. The van der Waals surface area contributed by atoms with E-state index in [1.165, 1.54) is 24.2 Å². The van der Waals surface area contributed by atoms with Gasteiger partial charge in [0.15, 0.2) is 0 Å². The average Bonchev–Trinajstić information content (AvgIpc) is 3.13. The third-order valence-electron chi connectivity index (χ3n) is 3.30. The molecule has 1 aliphatic carbocycles. The fourth-order valence-corrected chi connectivity index (χ4v) is 2.30. The molecule has 0 amide bonds. The van der Waals surface area contributed by atoms with Gasteiger partial charge in [0.05, 0.1) is 17.1 Å². The van der Waals surface area contributed by atoms with Crippen molar-refractivity contribution in [3.05, 3.63) is 30.1 Å². The summed E-state index contributed by atoms with van der Waals surface area (Å²) in [6, 6.07) is 10.5. The fourth-order valence-electron chi connectivity index (χ4n) is 2.30. The Morgan fingerprint density at radius 3 is 2.94 bits per heavy atom. The maximum Gasteiger partial charge on any atom is 0.112 e. The van der Waals surface area contributed by atoms with Crippen molar-refractivity contribution in [2.75, 3.05) is 0 Å². The van der Waals surface area contributed by atoms with E-state index in [9.17, 15) is 0 Å². The van der Waals surface area contributed by atoms with Crippen LogP contribution in [0.2, 0.25) is 0 Å². The molecular weight excluding hydrogens is 210 g/mol. The van der Waals surface area contributed by atoms with Crippen LogP contribution in [0.25, 0.3) is 11.0 Å². The van der Waals surface area contributed by atoms with Crippen LogP contribution in [0.15, 0.2) is 24.3 Å². The third kappa shape index (κ3) is 1.91. The van der Waals surface area contributed by atoms with Crippen LogP contribution in [0.3, 0.4) is 0 Å². The first kappa shape index (κ1) is 10.3. The highest BCUT2D eigenvalue weighted by Gasteiger charge is 2.29. The van der Waals surface area contributed by atoms with Gasteiger partial charge in [-0.1, -0.05) is 12.1 Å². The van der Waals surface area contributed by atoms with Gasteiger partial charge in [0.2, 0.25) is 0 Å². The van der Waals surface area contributed by atoms with Gasteiger partial charge in [-0.05, 0) is 31.4 Å². The maximum absolute atomic E-state index is 8.62. The van der Waals surface area contributed by atoms with Crippen LogP contribution in [0.5, 0.6) is 0 Å². The first-order valence-corrected chi connectivity index (χ1v) is 6.22. The molecule has 1 aromatic carbocycles. The SMILES string of the molecule is N#CCCCn1c(C2CC2)nc2ccccc21. The van der Waals surface area contributed by atoms with E-state index in [0.29, 0.717) is 12.3 Å². The smallest absolute Gasteiger partial charge is 0.112 e. The Hall–Kier alpha value is -1.82. The van der Waals surface area contributed by atoms with E-state index in [1.54, 1.807) is 0 Å². The van der Waals surface area contributed by atoms with Crippen molar-refractivity contribution in [2.45, 2.75) is 38.1 Å². The summed E-state index contributed by atoms with van der Waals surface area (Å²) >= 11 is 0. The Morgan fingerprint density at radius 2 is 2.18 bits per heavy atom. The second-order valence-electron chi connectivity index (χ2n) is 4.65. The predicted octanol–water partition coefficient (Wildman–Crippen LogP) is 3.22. The molecule has 1 aromatic heterocycles. The van der Waals surface area contributed by atoms with Gasteiger partial charge in [0.1, 0.15) is 5.82 Å². The van der Waals surface area contributed by atoms with Gasteiger partial charge in [-0.3, -0.25) is 0 Å². The van der Waals surface area contributed by atoms with Gasteiger partial charge >= 0.3 is 0 Å². The summed E-state index contributed by atoms with van der Waals surface area (Å²) in [7, 11) is 0. The van der Waals surface area contributed by atoms with Gasteiger partial charge in [-0.15, -0.1) is 0 Å². The van der Waals surface area contributed by atoms with Crippen molar-refractivity contribution < 1.29 is 0 Å². The number of hydrogen-bond acceptors (Lipinski definition) is 2. The van der Waals surface area contributed by atoms with Crippen molar-refractivity contribution in [2.24, 2.45) is 0 Å². The minimum atomic E-state index is 0.622. The molecule has 1 saturated carbocycles. The van der Waals surface area contributed by atoms with Gasteiger partial charge in [0, 0.05) is 18.9 Å². The molecule has 3 rings (SSSR count). The van der Waals surface area contributed by atoms with Crippen LogP contribution in [-0.4, -0.2) is 9.55 Å². The monoisotopic (exact) mass is 225 g/mol. The summed E-state index contributed by atoms with van der Waals surface area (Å²) in [5.74, 6) is 1.88. The number of benzene rings is 1. The standard InChI is InChI=1S/C14H15N3/c15-9-3-4-10-17-13-6-2-1-5-12(13)16-14(17)11-7-8-11/h1-2,5-6,11H,3-4,7-8,10H2. The first-order chi connectivity index (χ1) is 8.40. The van der Waals surface area contributed by atoms with E-state index in [0.717, 1.165) is 18.5 Å². The van der Waals surface area contributed by atoms with Crippen LogP contribution in [0, 0.1) is 11.3 Å². The van der Waals surface area contributed by atoms with E-state index in [2.05, 4.69) is 28.8 Å². The van der Waals surface area contributed by atoms with Gasteiger partial charge in [-0.2, -0.15) is 5.26 Å². The lowest BCUT2D eigenvalue weighted by atomic mass is 10.3. The van der Waals surface area contributed by atoms with Crippen molar-refractivity contribution in [1.82, 2.24) is 9.55 Å². The minimum absolute atomic E-state index is 0.622. The Kier molecular flexibility index (Phi) is 2.56. The van der Waals surface area contributed by atoms with E-state index in [4.69, 9.17) is 10.2 Å². The topological polar surface area (TPSA) is 41.6 Å². The molecule has 0 aliphatic heterocycles. The molecule has 0 bridgehead atoms. The zero-order valence-corrected chi connectivity index (χ0v) is 9.76. The summed E-state index contributed by atoms with van der Waals surface area (Å²) < 4.78 is 2.31. The molecule has 2 aromatic rings. The molecule has 0 saturated heterocycles. The molecule has 0 radical (unpaired) electrons. The average molecular weight is 225 g/mol. The Balaban J connectivity index is 1.99. The number of aromatic nitrogens is 2. The molecule has 0 unspecified atom stereocenters. The van der Waals surface area contributed by atoms with E-state index < -0.39 is 0 Å². The highest BCUT2D eigenvalue weighted by Crippen LogP contribution is 2.40. The molecule has 1 aliphatic rings. The maximum atomic E-state index is 8.62. The number of fused-ring (bicyclic) bond motifs is 1. The largest absolute Gasteiger partial charge is 0.328 e. The van der Waals surface area contributed by atoms with E-state index in [1.807, 2.05) is 6.07 Å². The number of aryl methyl sites for hydroxylation is 1. The van der Waals surface area contributed by atoms with Crippen molar-refractivity contribution in [1.29, 1.82) is 5.26 Å². The molecule has 0 spiro atoms. The summed E-state index contributed by atoms with van der Waals surface area (Å²) in [4.78, 5) is 4.73.